The third-order valence-corrected chi connectivity index (χ3v) is 4.51. The first-order chi connectivity index (χ1) is 9.05. The van der Waals surface area contributed by atoms with E-state index in [-0.39, 0.29) is 0 Å². The molecule has 0 saturated heterocycles. The molecule has 1 aromatic rings. The Kier molecular flexibility index (Phi) is 4.51. The van der Waals surface area contributed by atoms with E-state index in [4.69, 9.17) is 4.74 Å². The molecule has 1 aliphatic rings. The van der Waals surface area contributed by atoms with Crippen LogP contribution in [0, 0.1) is 11.8 Å². The van der Waals surface area contributed by atoms with Crippen molar-refractivity contribution in [2.24, 2.45) is 11.8 Å². The zero-order valence-electron chi connectivity index (χ0n) is 12.4. The predicted molar refractivity (Wildman–Crippen MR) is 78.4 cm³/mol. The normalized spacial score (nSPS) is 27.5. The first-order valence-electron chi connectivity index (χ1n) is 7.40. The maximum Gasteiger partial charge on any atom is 0.119 e. The first-order valence-corrected chi connectivity index (χ1v) is 7.40. The van der Waals surface area contributed by atoms with Crippen LogP contribution in [0.1, 0.15) is 45.1 Å². The third-order valence-electron chi connectivity index (χ3n) is 4.51. The minimum absolute atomic E-state index is 0.410. The Balaban J connectivity index is 2.18. The molecule has 2 rings (SSSR count). The third kappa shape index (κ3) is 3.30. The van der Waals surface area contributed by atoms with Gasteiger partial charge in [0.15, 0.2) is 0 Å². The second-order valence-corrected chi connectivity index (χ2v) is 6.23. The van der Waals surface area contributed by atoms with E-state index < -0.39 is 5.60 Å². The molecule has 2 unspecified atom stereocenters. The topological polar surface area (TPSA) is 29.5 Å². The number of hydrogen-bond acceptors (Lipinski definition) is 2. The average Bonchev–Trinajstić information content (AvgIpc) is 2.38. The molecule has 19 heavy (non-hydrogen) atoms. The van der Waals surface area contributed by atoms with E-state index in [2.05, 4.69) is 19.9 Å². The van der Waals surface area contributed by atoms with E-state index in [9.17, 15) is 5.11 Å². The molecule has 1 saturated carbocycles. The fourth-order valence-electron chi connectivity index (χ4n) is 3.56. The van der Waals surface area contributed by atoms with Crippen LogP contribution < -0.4 is 4.74 Å². The van der Waals surface area contributed by atoms with Crippen molar-refractivity contribution in [2.75, 3.05) is 7.11 Å². The van der Waals surface area contributed by atoms with Gasteiger partial charge in [-0.3, -0.25) is 0 Å². The molecular formula is C17H26O2. The molecule has 2 nitrogen and oxygen atoms in total. The van der Waals surface area contributed by atoms with Gasteiger partial charge in [-0.15, -0.1) is 0 Å². The Labute approximate surface area is 116 Å². The van der Waals surface area contributed by atoms with E-state index in [0.29, 0.717) is 11.8 Å². The molecule has 0 heterocycles. The lowest BCUT2D eigenvalue weighted by atomic mass is 9.68. The van der Waals surface area contributed by atoms with Crippen LogP contribution in [0.3, 0.4) is 0 Å². The van der Waals surface area contributed by atoms with Crippen LogP contribution in [0.4, 0.5) is 0 Å². The molecular weight excluding hydrogens is 236 g/mol. The summed E-state index contributed by atoms with van der Waals surface area (Å²) in [5.41, 5.74) is 0.632. The largest absolute Gasteiger partial charge is 0.497 e. The van der Waals surface area contributed by atoms with Crippen molar-refractivity contribution in [3.8, 4) is 5.75 Å². The van der Waals surface area contributed by atoms with Gasteiger partial charge in [-0.1, -0.05) is 38.8 Å². The number of rotatable bonds is 4. The highest BCUT2D eigenvalue weighted by molar-refractivity contribution is 5.29. The van der Waals surface area contributed by atoms with E-state index in [0.717, 1.165) is 31.4 Å². The van der Waals surface area contributed by atoms with Gasteiger partial charge < -0.3 is 9.84 Å². The van der Waals surface area contributed by atoms with Crippen molar-refractivity contribution in [3.05, 3.63) is 29.8 Å². The van der Waals surface area contributed by atoms with Crippen molar-refractivity contribution in [2.45, 2.75) is 51.6 Å². The summed E-state index contributed by atoms with van der Waals surface area (Å²) < 4.78 is 5.27. The fourth-order valence-corrected chi connectivity index (χ4v) is 3.56. The Morgan fingerprint density at radius 2 is 2.16 bits per heavy atom. The number of ether oxygens (including phenoxy) is 1. The van der Waals surface area contributed by atoms with Gasteiger partial charge in [0.05, 0.1) is 12.7 Å². The molecule has 0 spiro atoms. The summed E-state index contributed by atoms with van der Waals surface area (Å²) in [5, 5.41) is 11.1. The average molecular weight is 262 g/mol. The molecule has 1 N–H and O–H groups in total. The number of aliphatic hydroxyl groups is 1. The van der Waals surface area contributed by atoms with Crippen LogP contribution in [0.5, 0.6) is 5.75 Å². The molecule has 1 aliphatic carbocycles. The molecule has 0 aromatic heterocycles. The van der Waals surface area contributed by atoms with Gasteiger partial charge in [-0.2, -0.15) is 0 Å². The van der Waals surface area contributed by atoms with E-state index >= 15 is 0 Å². The van der Waals surface area contributed by atoms with Crippen LogP contribution in [0.2, 0.25) is 0 Å². The van der Waals surface area contributed by atoms with Crippen molar-refractivity contribution in [1.29, 1.82) is 0 Å². The summed E-state index contributed by atoms with van der Waals surface area (Å²) in [5.74, 6) is 1.82. The standard InChI is InChI=1S/C17H26O2/c1-13(2)16-9-4-5-10-17(16,18)12-14-7-6-8-15(11-14)19-3/h6-8,11,13,16,18H,4-5,9-10,12H2,1-3H3. The highest BCUT2D eigenvalue weighted by atomic mass is 16.5. The Hall–Kier alpha value is -1.02. The number of benzene rings is 1. The molecule has 0 radical (unpaired) electrons. The summed E-state index contributed by atoms with van der Waals surface area (Å²) >= 11 is 0. The molecule has 2 heteroatoms. The lowest BCUT2D eigenvalue weighted by Gasteiger charge is -2.42. The zero-order chi connectivity index (χ0) is 13.9. The predicted octanol–water partition coefficient (Wildman–Crippen LogP) is 3.82. The van der Waals surface area contributed by atoms with Crippen molar-refractivity contribution in [3.63, 3.8) is 0 Å². The minimum Gasteiger partial charge on any atom is -0.497 e. The van der Waals surface area contributed by atoms with Crippen molar-refractivity contribution in [1.82, 2.24) is 0 Å². The highest BCUT2D eigenvalue weighted by Gasteiger charge is 2.40. The Morgan fingerprint density at radius 3 is 2.84 bits per heavy atom. The second kappa shape index (κ2) is 5.96. The molecule has 106 valence electrons. The van der Waals surface area contributed by atoms with Crippen LogP contribution in [-0.2, 0) is 6.42 Å². The second-order valence-electron chi connectivity index (χ2n) is 6.23. The maximum atomic E-state index is 11.1. The summed E-state index contributed by atoms with van der Waals surface area (Å²) in [6, 6.07) is 8.09. The Bertz CT molecular complexity index is 413. The number of methoxy groups -OCH3 is 1. The van der Waals surface area contributed by atoms with Crippen LogP contribution in [-0.4, -0.2) is 17.8 Å². The van der Waals surface area contributed by atoms with Crippen molar-refractivity contribution >= 4 is 0 Å². The first kappa shape index (κ1) is 14.4. The van der Waals surface area contributed by atoms with E-state index in [1.807, 2.05) is 18.2 Å². The van der Waals surface area contributed by atoms with Gasteiger partial charge >= 0.3 is 0 Å². The summed E-state index contributed by atoms with van der Waals surface area (Å²) in [6.45, 7) is 4.46. The smallest absolute Gasteiger partial charge is 0.119 e. The van der Waals surface area contributed by atoms with E-state index in [1.54, 1.807) is 7.11 Å². The van der Waals surface area contributed by atoms with Crippen LogP contribution >= 0.6 is 0 Å². The molecule has 0 aliphatic heterocycles. The van der Waals surface area contributed by atoms with Crippen LogP contribution in [0.25, 0.3) is 0 Å². The summed E-state index contributed by atoms with van der Waals surface area (Å²) in [6.07, 6.45) is 5.21. The SMILES string of the molecule is COc1cccc(CC2(O)CCCCC2C(C)C)c1. The zero-order valence-corrected chi connectivity index (χ0v) is 12.4. The quantitative estimate of drug-likeness (QED) is 0.894. The minimum atomic E-state index is -0.543. The highest BCUT2D eigenvalue weighted by Crippen LogP contribution is 2.40. The van der Waals surface area contributed by atoms with Crippen LogP contribution in [0.15, 0.2) is 24.3 Å². The van der Waals surface area contributed by atoms with Gasteiger partial charge in [0.2, 0.25) is 0 Å². The monoisotopic (exact) mass is 262 g/mol. The molecule has 0 bridgehead atoms. The maximum absolute atomic E-state index is 11.1. The summed E-state index contributed by atoms with van der Waals surface area (Å²) in [7, 11) is 1.69. The Morgan fingerprint density at radius 1 is 1.37 bits per heavy atom. The molecule has 0 amide bonds. The lowest BCUT2D eigenvalue weighted by molar-refractivity contribution is -0.0652. The van der Waals surface area contributed by atoms with Crippen molar-refractivity contribution < 1.29 is 9.84 Å². The fraction of sp³-hybridized carbons (Fsp3) is 0.647. The van der Waals surface area contributed by atoms with Gasteiger partial charge in [-0.05, 0) is 42.4 Å². The van der Waals surface area contributed by atoms with Gasteiger partial charge in [0.1, 0.15) is 5.75 Å². The molecule has 2 atom stereocenters. The molecule has 1 fully saturated rings. The lowest BCUT2D eigenvalue weighted by Crippen LogP contribution is -2.45. The van der Waals surface area contributed by atoms with Gasteiger partial charge in [0.25, 0.3) is 0 Å². The number of hydrogen-bond donors (Lipinski definition) is 1. The van der Waals surface area contributed by atoms with E-state index in [1.165, 1.54) is 12.0 Å². The van der Waals surface area contributed by atoms with Gasteiger partial charge in [-0.25, -0.2) is 0 Å². The summed E-state index contributed by atoms with van der Waals surface area (Å²) in [4.78, 5) is 0. The molecule has 1 aromatic carbocycles. The van der Waals surface area contributed by atoms with Gasteiger partial charge in [0, 0.05) is 6.42 Å².